The Bertz CT molecular complexity index is 249. The van der Waals surface area contributed by atoms with E-state index in [4.69, 9.17) is 4.74 Å². The van der Waals surface area contributed by atoms with Gasteiger partial charge in [0.1, 0.15) is 0 Å². The van der Waals surface area contributed by atoms with Gasteiger partial charge < -0.3 is 4.74 Å². The van der Waals surface area contributed by atoms with Gasteiger partial charge in [-0.1, -0.05) is 30.3 Å². The zero-order valence-electron chi connectivity index (χ0n) is 8.87. The second-order valence-corrected chi connectivity index (χ2v) is 4.04. The Balaban J connectivity index is 2.81. The van der Waals surface area contributed by atoms with Crippen LogP contribution in [0.2, 0.25) is 0 Å². The molecule has 13 heavy (non-hydrogen) atoms. The third-order valence-electron chi connectivity index (χ3n) is 2.00. The molecule has 1 aromatic carbocycles. The van der Waals surface area contributed by atoms with E-state index in [-0.39, 0.29) is 11.7 Å². The normalized spacial score (nSPS) is 12.1. The van der Waals surface area contributed by atoms with Crippen molar-refractivity contribution in [2.75, 3.05) is 0 Å². The first kappa shape index (κ1) is 10.3. The van der Waals surface area contributed by atoms with Crippen LogP contribution in [0.3, 0.4) is 0 Å². The van der Waals surface area contributed by atoms with Crippen molar-refractivity contribution in [1.82, 2.24) is 0 Å². The predicted molar refractivity (Wildman–Crippen MR) is 55.7 cm³/mol. The first-order valence-electron chi connectivity index (χ1n) is 4.76. The molecule has 0 atom stereocenters. The summed E-state index contributed by atoms with van der Waals surface area (Å²) in [6, 6.07) is 10.3. The Labute approximate surface area is 80.7 Å². The molecule has 1 nitrogen and oxygen atoms in total. The highest BCUT2D eigenvalue weighted by Gasteiger charge is 2.21. The van der Waals surface area contributed by atoms with Crippen molar-refractivity contribution in [2.45, 2.75) is 39.4 Å². The largest absolute Gasteiger partial charge is 0.368 e. The smallest absolute Gasteiger partial charge is 0.0878 e. The maximum atomic E-state index is 5.82. The maximum absolute atomic E-state index is 5.82. The van der Waals surface area contributed by atoms with Crippen molar-refractivity contribution >= 4 is 0 Å². The van der Waals surface area contributed by atoms with Crippen LogP contribution in [0.1, 0.15) is 33.3 Å². The van der Waals surface area contributed by atoms with Gasteiger partial charge in [0.05, 0.1) is 11.7 Å². The van der Waals surface area contributed by atoms with Gasteiger partial charge in [-0.15, -0.1) is 0 Å². The number of benzene rings is 1. The summed E-state index contributed by atoms with van der Waals surface area (Å²) in [4.78, 5) is 0. The fourth-order valence-corrected chi connectivity index (χ4v) is 1.50. The van der Waals surface area contributed by atoms with E-state index in [1.54, 1.807) is 0 Å². The quantitative estimate of drug-likeness (QED) is 0.689. The minimum atomic E-state index is -0.185. The maximum Gasteiger partial charge on any atom is 0.0878 e. The predicted octanol–water partition coefficient (Wildman–Crippen LogP) is 3.35. The summed E-state index contributed by atoms with van der Waals surface area (Å²) in [6.45, 7) is 8.32. The summed E-state index contributed by atoms with van der Waals surface area (Å²) in [5.41, 5.74) is 1.04. The summed E-state index contributed by atoms with van der Waals surface area (Å²) in [5.74, 6) is 0. The van der Waals surface area contributed by atoms with Crippen LogP contribution in [0.5, 0.6) is 0 Å². The van der Waals surface area contributed by atoms with E-state index >= 15 is 0 Å². The summed E-state index contributed by atoms with van der Waals surface area (Å²) < 4.78 is 5.82. The molecule has 0 aromatic heterocycles. The fourth-order valence-electron chi connectivity index (χ4n) is 1.50. The molecule has 0 heterocycles. The number of rotatable bonds is 3. The molecule has 1 heteroatoms. The molecule has 0 fully saturated rings. The zero-order valence-corrected chi connectivity index (χ0v) is 8.87. The SMILES string of the molecule is CC(C)OC(C)(C)c1ccccc1. The molecular weight excluding hydrogens is 160 g/mol. The molecule has 1 rings (SSSR count). The van der Waals surface area contributed by atoms with Crippen LogP contribution in [0.25, 0.3) is 0 Å². The standard InChI is InChI=1S/C12H18O/c1-10(2)13-12(3,4)11-8-6-5-7-9-11/h5-10H,1-4H3. The van der Waals surface area contributed by atoms with E-state index in [1.807, 2.05) is 18.2 Å². The minimum Gasteiger partial charge on any atom is -0.368 e. The van der Waals surface area contributed by atoms with E-state index in [9.17, 15) is 0 Å². The van der Waals surface area contributed by atoms with Gasteiger partial charge in [-0.25, -0.2) is 0 Å². The van der Waals surface area contributed by atoms with Gasteiger partial charge in [0.15, 0.2) is 0 Å². The van der Waals surface area contributed by atoms with Gasteiger partial charge in [-0.2, -0.15) is 0 Å². The Kier molecular flexibility index (Phi) is 3.10. The molecule has 0 spiro atoms. The highest BCUT2D eigenvalue weighted by Crippen LogP contribution is 2.25. The van der Waals surface area contributed by atoms with Crippen molar-refractivity contribution in [3.8, 4) is 0 Å². The van der Waals surface area contributed by atoms with Gasteiger partial charge in [-0.3, -0.25) is 0 Å². The molecule has 0 radical (unpaired) electrons. The van der Waals surface area contributed by atoms with Crippen molar-refractivity contribution in [2.24, 2.45) is 0 Å². The second kappa shape index (κ2) is 3.93. The lowest BCUT2D eigenvalue weighted by Crippen LogP contribution is -2.25. The van der Waals surface area contributed by atoms with Crippen LogP contribution in [-0.2, 0) is 10.3 Å². The lowest BCUT2D eigenvalue weighted by Gasteiger charge is -2.28. The van der Waals surface area contributed by atoms with Crippen LogP contribution in [0, 0.1) is 0 Å². The molecule has 0 bridgehead atoms. The van der Waals surface area contributed by atoms with Crippen LogP contribution < -0.4 is 0 Å². The van der Waals surface area contributed by atoms with Crippen molar-refractivity contribution in [3.05, 3.63) is 35.9 Å². The van der Waals surface area contributed by atoms with E-state index < -0.39 is 0 Å². The average Bonchev–Trinajstić information content (AvgIpc) is 2.04. The minimum absolute atomic E-state index is 0.185. The first-order chi connectivity index (χ1) is 6.02. The third-order valence-corrected chi connectivity index (χ3v) is 2.00. The topological polar surface area (TPSA) is 9.23 Å². The summed E-state index contributed by atoms with van der Waals surface area (Å²) in [5, 5.41) is 0. The second-order valence-electron chi connectivity index (χ2n) is 4.04. The Morgan fingerprint density at radius 1 is 1.08 bits per heavy atom. The molecular formula is C12H18O. The van der Waals surface area contributed by atoms with Gasteiger partial charge >= 0.3 is 0 Å². The average molecular weight is 178 g/mol. The highest BCUT2D eigenvalue weighted by atomic mass is 16.5. The number of hydrogen-bond donors (Lipinski definition) is 0. The molecule has 0 unspecified atom stereocenters. The van der Waals surface area contributed by atoms with Gasteiger partial charge in [0.25, 0.3) is 0 Å². The van der Waals surface area contributed by atoms with Crippen LogP contribution in [-0.4, -0.2) is 6.10 Å². The number of ether oxygens (including phenoxy) is 1. The van der Waals surface area contributed by atoms with Gasteiger partial charge in [-0.05, 0) is 33.3 Å². The highest BCUT2D eigenvalue weighted by molar-refractivity contribution is 5.20. The summed E-state index contributed by atoms with van der Waals surface area (Å²) in [6.07, 6.45) is 0.259. The van der Waals surface area contributed by atoms with Crippen LogP contribution in [0.4, 0.5) is 0 Å². The molecule has 0 saturated carbocycles. The van der Waals surface area contributed by atoms with Crippen molar-refractivity contribution in [3.63, 3.8) is 0 Å². The third kappa shape index (κ3) is 2.85. The number of hydrogen-bond acceptors (Lipinski definition) is 1. The van der Waals surface area contributed by atoms with E-state index in [0.29, 0.717) is 0 Å². The van der Waals surface area contributed by atoms with Gasteiger partial charge in [0.2, 0.25) is 0 Å². The Hall–Kier alpha value is -0.820. The van der Waals surface area contributed by atoms with E-state index in [0.717, 1.165) is 0 Å². The van der Waals surface area contributed by atoms with E-state index in [1.165, 1.54) is 5.56 Å². The molecule has 1 aromatic rings. The fraction of sp³-hybridized carbons (Fsp3) is 0.500. The monoisotopic (exact) mass is 178 g/mol. The van der Waals surface area contributed by atoms with Crippen molar-refractivity contribution < 1.29 is 4.74 Å². The summed E-state index contributed by atoms with van der Waals surface area (Å²) in [7, 11) is 0. The Morgan fingerprint density at radius 2 is 1.62 bits per heavy atom. The lowest BCUT2D eigenvalue weighted by atomic mass is 9.98. The van der Waals surface area contributed by atoms with E-state index in [2.05, 4.69) is 39.8 Å². The van der Waals surface area contributed by atoms with Crippen LogP contribution in [0.15, 0.2) is 30.3 Å². The first-order valence-corrected chi connectivity index (χ1v) is 4.76. The molecule has 0 aliphatic rings. The summed E-state index contributed by atoms with van der Waals surface area (Å²) >= 11 is 0. The molecule has 0 aliphatic carbocycles. The molecule has 0 N–H and O–H groups in total. The van der Waals surface area contributed by atoms with Gasteiger partial charge in [0, 0.05) is 0 Å². The molecule has 0 aliphatic heterocycles. The lowest BCUT2D eigenvalue weighted by molar-refractivity contribution is -0.0600. The Morgan fingerprint density at radius 3 is 2.08 bits per heavy atom. The molecule has 72 valence electrons. The molecule has 0 saturated heterocycles. The van der Waals surface area contributed by atoms with Crippen LogP contribution >= 0.6 is 0 Å². The zero-order chi connectivity index (χ0) is 9.90. The van der Waals surface area contributed by atoms with Crippen molar-refractivity contribution in [1.29, 1.82) is 0 Å². The molecule has 0 amide bonds.